The lowest BCUT2D eigenvalue weighted by Gasteiger charge is -2.23. The van der Waals surface area contributed by atoms with Crippen LogP contribution in [0, 0.1) is 0 Å². The normalized spacial score (nSPS) is 18.3. The molecule has 4 rings (SSSR count). The SMILES string of the molecule is CC1=CC=C(CNC(=O)C2=NNc3ccc4c(c3C2)SCC(N)=N4)CC1. The maximum absolute atomic E-state index is 12.6. The summed E-state index contributed by atoms with van der Waals surface area (Å²) in [6.45, 7) is 2.69. The molecule has 4 N–H and O–H groups in total. The van der Waals surface area contributed by atoms with E-state index in [1.807, 2.05) is 12.1 Å². The van der Waals surface area contributed by atoms with Crippen molar-refractivity contribution in [1.82, 2.24) is 5.32 Å². The molecule has 0 bridgehead atoms. The largest absolute Gasteiger partial charge is 0.386 e. The third-order valence-electron chi connectivity index (χ3n) is 4.71. The molecule has 2 aliphatic heterocycles. The summed E-state index contributed by atoms with van der Waals surface area (Å²) in [6, 6.07) is 3.88. The first-order valence-electron chi connectivity index (χ1n) is 8.68. The highest BCUT2D eigenvalue weighted by atomic mass is 32.2. The Morgan fingerprint density at radius 3 is 3.04 bits per heavy atom. The van der Waals surface area contributed by atoms with Gasteiger partial charge in [-0.25, -0.2) is 4.99 Å². The minimum absolute atomic E-state index is 0.128. The van der Waals surface area contributed by atoms with Gasteiger partial charge in [0.25, 0.3) is 5.91 Å². The van der Waals surface area contributed by atoms with Crippen LogP contribution in [0.4, 0.5) is 11.4 Å². The Balaban J connectivity index is 1.47. The first-order chi connectivity index (χ1) is 12.6. The third-order valence-corrected chi connectivity index (χ3v) is 5.89. The molecule has 0 atom stereocenters. The fourth-order valence-corrected chi connectivity index (χ4v) is 4.15. The van der Waals surface area contributed by atoms with Crippen LogP contribution in [-0.2, 0) is 11.2 Å². The van der Waals surface area contributed by atoms with Crippen LogP contribution in [0.3, 0.4) is 0 Å². The molecule has 1 aromatic rings. The van der Waals surface area contributed by atoms with Crippen molar-refractivity contribution in [2.24, 2.45) is 15.8 Å². The number of hydrazone groups is 1. The number of amides is 1. The first-order valence-corrected chi connectivity index (χ1v) is 9.66. The third kappa shape index (κ3) is 3.39. The summed E-state index contributed by atoms with van der Waals surface area (Å²) < 4.78 is 0. The number of hydrogen-bond donors (Lipinski definition) is 3. The predicted octanol–water partition coefficient (Wildman–Crippen LogP) is 2.89. The van der Waals surface area contributed by atoms with Gasteiger partial charge in [0.05, 0.1) is 17.1 Å². The minimum atomic E-state index is -0.128. The van der Waals surface area contributed by atoms with Gasteiger partial charge in [0, 0.05) is 17.9 Å². The van der Waals surface area contributed by atoms with Gasteiger partial charge in [-0.1, -0.05) is 23.3 Å². The molecule has 1 aliphatic carbocycles. The van der Waals surface area contributed by atoms with E-state index in [0.717, 1.165) is 34.7 Å². The first kappa shape index (κ1) is 16.9. The summed E-state index contributed by atoms with van der Waals surface area (Å²) in [5, 5.41) is 7.26. The lowest BCUT2D eigenvalue weighted by Crippen LogP contribution is -2.35. The number of allylic oxidation sites excluding steroid dienone is 3. The zero-order valence-electron chi connectivity index (χ0n) is 14.6. The fraction of sp³-hybridized carbons (Fsp3) is 0.316. The van der Waals surface area contributed by atoms with Crippen molar-refractivity contribution in [2.75, 3.05) is 17.7 Å². The number of thioether (sulfide) groups is 1. The second-order valence-electron chi connectivity index (χ2n) is 6.70. The molecule has 1 amide bonds. The van der Waals surface area contributed by atoms with Crippen LogP contribution >= 0.6 is 11.8 Å². The van der Waals surface area contributed by atoms with Gasteiger partial charge < -0.3 is 11.1 Å². The lowest BCUT2D eigenvalue weighted by molar-refractivity contribution is -0.114. The molecule has 26 heavy (non-hydrogen) atoms. The lowest BCUT2D eigenvalue weighted by atomic mass is 9.99. The number of amidine groups is 1. The van der Waals surface area contributed by atoms with E-state index in [1.165, 1.54) is 11.1 Å². The van der Waals surface area contributed by atoms with Crippen molar-refractivity contribution >= 4 is 40.6 Å². The van der Waals surface area contributed by atoms with Gasteiger partial charge in [-0.05, 0) is 37.5 Å². The fourth-order valence-electron chi connectivity index (χ4n) is 3.17. The quantitative estimate of drug-likeness (QED) is 0.766. The van der Waals surface area contributed by atoms with Crippen LogP contribution in [0.15, 0.2) is 50.4 Å². The maximum Gasteiger partial charge on any atom is 0.268 e. The summed E-state index contributed by atoms with van der Waals surface area (Å²) >= 11 is 1.66. The predicted molar refractivity (Wildman–Crippen MR) is 107 cm³/mol. The standard InChI is InChI=1S/C19H21N5OS/c1-11-2-4-12(5-3-11)9-21-19(25)16-8-13-14(23-24-16)6-7-15-18(13)26-10-17(20)22-15/h2,4,6-7,23H,3,5,8-10H2,1H3,(H2,20,22)(H,21,25). The van der Waals surface area contributed by atoms with Crippen LogP contribution in [0.25, 0.3) is 0 Å². The highest BCUT2D eigenvalue weighted by molar-refractivity contribution is 8.00. The van der Waals surface area contributed by atoms with E-state index in [9.17, 15) is 4.79 Å². The van der Waals surface area contributed by atoms with E-state index < -0.39 is 0 Å². The Morgan fingerprint density at radius 2 is 2.23 bits per heavy atom. The minimum Gasteiger partial charge on any atom is -0.386 e. The molecule has 0 fully saturated rings. The molecule has 3 aliphatic rings. The summed E-state index contributed by atoms with van der Waals surface area (Å²) in [4.78, 5) is 18.1. The molecule has 134 valence electrons. The Hall–Kier alpha value is -2.54. The summed E-state index contributed by atoms with van der Waals surface area (Å²) in [6.07, 6.45) is 6.78. The summed E-state index contributed by atoms with van der Waals surface area (Å²) in [5.74, 6) is 1.17. The number of benzene rings is 1. The highest BCUT2D eigenvalue weighted by Gasteiger charge is 2.24. The second-order valence-corrected chi connectivity index (χ2v) is 7.69. The van der Waals surface area contributed by atoms with E-state index >= 15 is 0 Å². The Bertz CT molecular complexity index is 897. The van der Waals surface area contributed by atoms with Gasteiger partial charge in [-0.2, -0.15) is 5.10 Å². The van der Waals surface area contributed by atoms with Gasteiger partial charge in [-0.15, -0.1) is 11.8 Å². The zero-order valence-corrected chi connectivity index (χ0v) is 15.4. The molecule has 7 heteroatoms. The summed E-state index contributed by atoms with van der Waals surface area (Å²) in [5.41, 5.74) is 14.8. The average molecular weight is 367 g/mol. The maximum atomic E-state index is 12.6. The van der Waals surface area contributed by atoms with Gasteiger partial charge in [0.15, 0.2) is 0 Å². The molecule has 0 saturated carbocycles. The molecule has 0 aromatic heterocycles. The Labute approximate surface area is 156 Å². The number of nitrogens with zero attached hydrogens (tertiary/aromatic N) is 2. The molecule has 2 heterocycles. The molecule has 1 aromatic carbocycles. The Morgan fingerprint density at radius 1 is 1.35 bits per heavy atom. The Kier molecular flexibility index (Phi) is 4.55. The van der Waals surface area contributed by atoms with E-state index in [-0.39, 0.29) is 5.91 Å². The zero-order chi connectivity index (χ0) is 18.1. The molecule has 0 saturated heterocycles. The number of fused-ring (bicyclic) bond motifs is 3. The number of rotatable bonds is 3. The van der Waals surface area contributed by atoms with Crippen LogP contribution in [0.2, 0.25) is 0 Å². The monoisotopic (exact) mass is 367 g/mol. The van der Waals surface area contributed by atoms with Crippen LogP contribution < -0.4 is 16.5 Å². The van der Waals surface area contributed by atoms with Crippen molar-refractivity contribution < 1.29 is 4.79 Å². The van der Waals surface area contributed by atoms with Gasteiger partial charge >= 0.3 is 0 Å². The average Bonchev–Trinajstić information content (AvgIpc) is 2.66. The van der Waals surface area contributed by atoms with Crippen molar-refractivity contribution in [1.29, 1.82) is 0 Å². The second kappa shape index (κ2) is 6.99. The van der Waals surface area contributed by atoms with E-state index in [0.29, 0.717) is 30.3 Å². The van der Waals surface area contributed by atoms with Crippen LogP contribution in [0.5, 0.6) is 0 Å². The van der Waals surface area contributed by atoms with E-state index in [2.05, 4.69) is 39.9 Å². The van der Waals surface area contributed by atoms with E-state index in [1.54, 1.807) is 11.8 Å². The van der Waals surface area contributed by atoms with Crippen LogP contribution in [-0.4, -0.2) is 29.8 Å². The number of aliphatic imine (C=N–C) groups is 1. The number of hydrogen-bond acceptors (Lipinski definition) is 6. The molecule has 0 spiro atoms. The van der Waals surface area contributed by atoms with Crippen molar-refractivity contribution in [3.63, 3.8) is 0 Å². The molecular formula is C19H21N5OS. The molecule has 0 unspecified atom stereocenters. The number of nitrogens with two attached hydrogens (primary N) is 1. The molecule has 0 radical (unpaired) electrons. The van der Waals surface area contributed by atoms with Crippen molar-refractivity contribution in [3.8, 4) is 0 Å². The number of carbonyl (C=O) groups is 1. The highest BCUT2D eigenvalue weighted by Crippen LogP contribution is 2.41. The topological polar surface area (TPSA) is 91.9 Å². The molecular weight excluding hydrogens is 346 g/mol. The van der Waals surface area contributed by atoms with Crippen molar-refractivity contribution in [3.05, 3.63) is 41.0 Å². The van der Waals surface area contributed by atoms with Crippen molar-refractivity contribution in [2.45, 2.75) is 31.1 Å². The van der Waals surface area contributed by atoms with Gasteiger partial charge in [0.2, 0.25) is 0 Å². The number of carbonyl (C=O) groups excluding carboxylic acids is 1. The molecule has 6 nitrogen and oxygen atoms in total. The number of anilines is 1. The van der Waals surface area contributed by atoms with Gasteiger partial charge in [-0.3, -0.25) is 10.2 Å². The van der Waals surface area contributed by atoms with E-state index in [4.69, 9.17) is 5.73 Å². The summed E-state index contributed by atoms with van der Waals surface area (Å²) in [7, 11) is 0. The number of nitrogens with one attached hydrogen (secondary N) is 2. The van der Waals surface area contributed by atoms with Crippen LogP contribution in [0.1, 0.15) is 25.3 Å². The smallest absolute Gasteiger partial charge is 0.268 e. The van der Waals surface area contributed by atoms with Gasteiger partial charge in [0.1, 0.15) is 11.5 Å².